The molecule has 6 heteroatoms. The maximum Gasteiger partial charge on any atom is 0.263 e. The van der Waals surface area contributed by atoms with Gasteiger partial charge in [0.15, 0.2) is 8.32 Å². The van der Waals surface area contributed by atoms with Crippen LogP contribution in [0.4, 0.5) is 8.78 Å². The van der Waals surface area contributed by atoms with Crippen LogP contribution in [0.1, 0.15) is 44.7 Å². The van der Waals surface area contributed by atoms with Gasteiger partial charge in [0.2, 0.25) is 0 Å². The molecule has 1 aliphatic rings. The van der Waals surface area contributed by atoms with Gasteiger partial charge in [0, 0.05) is 18.7 Å². The molecule has 0 aliphatic carbocycles. The minimum absolute atomic E-state index is 0.00522. The highest BCUT2D eigenvalue weighted by atomic mass is 28.4. The molecule has 1 heterocycles. The Morgan fingerprint density at radius 2 is 1.83 bits per heavy atom. The fraction of sp³-hybridized carbons (Fsp3) is 0.611. The average molecular weight is 356 g/mol. The number of carbonyl (C=O) groups excluding carboxylic acids is 1. The second-order valence-electron chi connectivity index (χ2n) is 7.96. The van der Waals surface area contributed by atoms with Gasteiger partial charge in [-0.3, -0.25) is 4.79 Å². The van der Waals surface area contributed by atoms with Gasteiger partial charge in [0.25, 0.3) is 12.3 Å². The minimum Gasteiger partial charge on any atom is -0.405 e. The number of likely N-dealkylation sites (tertiary alicyclic amines) is 1. The van der Waals surface area contributed by atoms with E-state index in [2.05, 4.69) is 33.9 Å². The number of rotatable bonds is 5. The monoisotopic (exact) mass is 355 g/mol. The van der Waals surface area contributed by atoms with Crippen molar-refractivity contribution in [3.63, 3.8) is 0 Å². The predicted molar refractivity (Wildman–Crippen MR) is 93.5 cm³/mol. The summed E-state index contributed by atoms with van der Waals surface area (Å²) in [4.78, 5) is 14.4. The van der Waals surface area contributed by atoms with Crippen LogP contribution in [-0.4, -0.2) is 31.8 Å². The third-order valence-corrected chi connectivity index (χ3v) is 9.58. The van der Waals surface area contributed by atoms with Gasteiger partial charge >= 0.3 is 0 Å². The highest BCUT2D eigenvalue weighted by Crippen LogP contribution is 2.38. The topological polar surface area (TPSA) is 29.5 Å². The van der Waals surface area contributed by atoms with Crippen molar-refractivity contribution in [3.05, 3.63) is 35.4 Å². The molecule has 3 nitrogen and oxygen atoms in total. The Morgan fingerprint density at radius 1 is 1.25 bits per heavy atom. The molecule has 2 rings (SSSR count). The first-order chi connectivity index (χ1) is 11.0. The first-order valence-electron chi connectivity index (χ1n) is 8.35. The van der Waals surface area contributed by atoms with E-state index in [0.29, 0.717) is 19.5 Å². The highest BCUT2D eigenvalue weighted by molar-refractivity contribution is 6.74. The molecule has 0 aromatic heterocycles. The van der Waals surface area contributed by atoms with Crippen LogP contribution in [0.25, 0.3) is 0 Å². The zero-order valence-corrected chi connectivity index (χ0v) is 16.1. The Morgan fingerprint density at radius 3 is 2.33 bits per heavy atom. The lowest BCUT2D eigenvalue weighted by Gasteiger charge is -2.37. The number of nitrogens with zero attached hydrogens (tertiary/aromatic N) is 1. The fourth-order valence-electron chi connectivity index (χ4n) is 2.50. The first-order valence-corrected chi connectivity index (χ1v) is 11.3. The molecule has 0 unspecified atom stereocenters. The number of benzene rings is 1. The summed E-state index contributed by atoms with van der Waals surface area (Å²) < 4.78 is 31.4. The van der Waals surface area contributed by atoms with Gasteiger partial charge in [0.05, 0.1) is 0 Å². The van der Waals surface area contributed by atoms with E-state index in [1.807, 2.05) is 0 Å². The molecule has 1 aliphatic heterocycles. The Bertz CT molecular complexity index is 582. The summed E-state index contributed by atoms with van der Waals surface area (Å²) in [6.45, 7) is 11.8. The Hall–Kier alpha value is -1.27. The van der Waals surface area contributed by atoms with Crippen LogP contribution in [0, 0.1) is 0 Å². The van der Waals surface area contributed by atoms with E-state index >= 15 is 0 Å². The molecule has 1 fully saturated rings. The number of hydrogen-bond donors (Lipinski definition) is 0. The van der Waals surface area contributed by atoms with E-state index in [4.69, 9.17) is 4.43 Å². The summed E-state index contributed by atoms with van der Waals surface area (Å²) >= 11 is 0. The van der Waals surface area contributed by atoms with Crippen molar-refractivity contribution < 1.29 is 18.0 Å². The van der Waals surface area contributed by atoms with Crippen molar-refractivity contribution in [2.24, 2.45) is 0 Å². The van der Waals surface area contributed by atoms with Crippen LogP contribution in [0.15, 0.2) is 24.3 Å². The van der Waals surface area contributed by atoms with Crippen molar-refractivity contribution >= 4 is 14.2 Å². The summed E-state index contributed by atoms with van der Waals surface area (Å²) in [7, 11) is -1.98. The summed E-state index contributed by atoms with van der Waals surface area (Å²) in [5.41, 5.74) is 0.867. The number of amides is 1. The summed E-state index contributed by atoms with van der Waals surface area (Å²) in [6.07, 6.45) is -2.14. The maximum absolute atomic E-state index is 12.6. The number of hydrogen-bond acceptors (Lipinski definition) is 2. The molecule has 1 saturated heterocycles. The molecular weight excluding hydrogens is 328 g/mol. The van der Waals surface area contributed by atoms with E-state index in [-0.39, 0.29) is 22.6 Å². The summed E-state index contributed by atoms with van der Waals surface area (Å²) in [5, 5.41) is 0.0613. The molecule has 1 amide bonds. The third kappa shape index (κ3) is 4.22. The van der Waals surface area contributed by atoms with Crippen LogP contribution in [0.2, 0.25) is 18.1 Å². The maximum atomic E-state index is 12.6. The third-order valence-electron chi connectivity index (χ3n) is 5.10. The molecule has 0 spiro atoms. The van der Waals surface area contributed by atoms with Gasteiger partial charge in [-0.05, 0) is 30.1 Å². The largest absolute Gasteiger partial charge is 0.405 e. The number of alkyl halides is 2. The molecule has 24 heavy (non-hydrogen) atoms. The second-order valence-corrected chi connectivity index (χ2v) is 12.7. The lowest BCUT2D eigenvalue weighted by Crippen LogP contribution is -2.46. The molecule has 0 N–H and O–H groups in total. The predicted octanol–water partition coefficient (Wildman–Crippen LogP) is 4.75. The van der Waals surface area contributed by atoms with Crippen LogP contribution in [0.5, 0.6) is 0 Å². The van der Waals surface area contributed by atoms with Gasteiger partial charge in [0.1, 0.15) is 6.10 Å². The Kier molecular flexibility index (Phi) is 5.49. The van der Waals surface area contributed by atoms with Crippen molar-refractivity contribution in [2.45, 2.75) is 64.4 Å². The van der Waals surface area contributed by atoms with Crippen LogP contribution < -0.4 is 0 Å². The van der Waals surface area contributed by atoms with Gasteiger partial charge in [-0.15, -0.1) is 0 Å². The zero-order chi connectivity index (χ0) is 18.1. The lowest BCUT2D eigenvalue weighted by atomic mass is 10.1. The number of carbonyl (C=O) groups is 1. The van der Waals surface area contributed by atoms with E-state index < -0.39 is 14.7 Å². The normalized spacial score (nSPS) is 19.4. The van der Waals surface area contributed by atoms with Crippen LogP contribution in [-0.2, 0) is 15.8 Å². The van der Waals surface area contributed by atoms with Crippen LogP contribution in [0.3, 0.4) is 0 Å². The molecular formula is C18H27F2NO2Si. The van der Waals surface area contributed by atoms with Gasteiger partial charge < -0.3 is 9.33 Å². The lowest BCUT2D eigenvalue weighted by molar-refractivity contribution is -0.134. The zero-order valence-electron chi connectivity index (χ0n) is 15.1. The van der Waals surface area contributed by atoms with Crippen molar-refractivity contribution in [1.82, 2.24) is 4.90 Å². The van der Waals surface area contributed by atoms with E-state index in [1.165, 1.54) is 12.1 Å². The molecule has 1 aromatic carbocycles. The van der Waals surface area contributed by atoms with E-state index in [1.54, 1.807) is 17.0 Å². The second kappa shape index (κ2) is 6.92. The van der Waals surface area contributed by atoms with Crippen molar-refractivity contribution in [2.75, 3.05) is 6.54 Å². The molecule has 134 valence electrons. The smallest absolute Gasteiger partial charge is 0.263 e. The van der Waals surface area contributed by atoms with E-state index in [0.717, 1.165) is 5.56 Å². The Balaban J connectivity index is 1.99. The first kappa shape index (κ1) is 19.1. The molecule has 0 saturated carbocycles. The Labute approximate surface area is 144 Å². The summed E-state index contributed by atoms with van der Waals surface area (Å²) in [6, 6.07) is 6.17. The molecule has 0 bridgehead atoms. The standard InChI is InChI=1S/C18H27F2NO2Si/c1-18(2,3)24(4,5)23-15-10-11-21(17(15)22)12-13-6-8-14(9-7-13)16(19)20/h6-9,15-16H,10-12H2,1-5H3/t15-/m0/s1. The summed E-state index contributed by atoms with van der Waals surface area (Å²) in [5.74, 6) is 0.0118. The fourth-order valence-corrected chi connectivity index (χ4v) is 3.78. The molecule has 1 aromatic rings. The average Bonchev–Trinajstić information content (AvgIpc) is 2.79. The minimum atomic E-state index is -2.46. The van der Waals surface area contributed by atoms with Crippen molar-refractivity contribution in [3.8, 4) is 0 Å². The quantitative estimate of drug-likeness (QED) is 0.714. The van der Waals surface area contributed by atoms with Gasteiger partial charge in [-0.2, -0.15) is 0 Å². The van der Waals surface area contributed by atoms with Gasteiger partial charge in [-0.1, -0.05) is 45.0 Å². The highest BCUT2D eigenvalue weighted by Gasteiger charge is 2.43. The molecule has 0 radical (unpaired) electrons. The molecule has 1 atom stereocenters. The SMILES string of the molecule is CC(C)(C)[Si](C)(C)O[C@H]1CCN(Cc2ccc(C(F)F)cc2)C1=O. The van der Waals surface area contributed by atoms with Crippen LogP contribution >= 0.6 is 0 Å². The van der Waals surface area contributed by atoms with Crippen molar-refractivity contribution in [1.29, 1.82) is 0 Å². The van der Waals surface area contributed by atoms with Gasteiger partial charge in [-0.25, -0.2) is 8.78 Å². The van der Waals surface area contributed by atoms with E-state index in [9.17, 15) is 13.6 Å². The number of halogens is 2.